The standard InChI is InChI=1S/C15H20N2O3S/c1-10-16-13(9-21-10)7-8-14(18)17-12-5-3-11(4-6-12)15(19)20-2/h7-9,11-12H,3-6H2,1-2H3,(H,17,18)/b8-7+. The average molecular weight is 308 g/mol. The van der Waals surface area contributed by atoms with E-state index in [-0.39, 0.29) is 23.8 Å². The first-order valence-electron chi connectivity index (χ1n) is 7.07. The van der Waals surface area contributed by atoms with Crippen LogP contribution in [0.15, 0.2) is 11.5 Å². The maximum Gasteiger partial charge on any atom is 0.308 e. The number of nitrogens with one attached hydrogen (secondary N) is 1. The molecule has 6 heteroatoms. The third-order valence-electron chi connectivity index (χ3n) is 3.65. The van der Waals surface area contributed by atoms with Gasteiger partial charge >= 0.3 is 5.97 Å². The number of nitrogens with zero attached hydrogens (tertiary/aromatic N) is 1. The quantitative estimate of drug-likeness (QED) is 0.684. The Bertz CT molecular complexity index is 531. The Hall–Kier alpha value is -1.69. The second-order valence-electron chi connectivity index (χ2n) is 5.21. The van der Waals surface area contributed by atoms with Gasteiger partial charge in [0.05, 0.1) is 23.7 Å². The van der Waals surface area contributed by atoms with E-state index < -0.39 is 0 Å². The van der Waals surface area contributed by atoms with Crippen molar-refractivity contribution in [3.8, 4) is 0 Å². The van der Waals surface area contributed by atoms with Crippen molar-refractivity contribution in [3.63, 3.8) is 0 Å². The molecule has 0 aromatic carbocycles. The molecule has 0 bridgehead atoms. The van der Waals surface area contributed by atoms with Gasteiger partial charge in [0.1, 0.15) is 0 Å². The molecule has 1 N–H and O–H groups in total. The van der Waals surface area contributed by atoms with Crippen molar-refractivity contribution in [3.05, 3.63) is 22.2 Å². The second kappa shape index (κ2) is 7.36. The highest BCUT2D eigenvalue weighted by atomic mass is 32.1. The second-order valence-corrected chi connectivity index (χ2v) is 6.27. The number of hydrogen-bond donors (Lipinski definition) is 1. The van der Waals surface area contributed by atoms with Gasteiger partial charge in [0.2, 0.25) is 5.91 Å². The Morgan fingerprint density at radius 3 is 2.67 bits per heavy atom. The highest BCUT2D eigenvalue weighted by Crippen LogP contribution is 2.25. The van der Waals surface area contributed by atoms with E-state index in [0.717, 1.165) is 36.4 Å². The molecule has 1 heterocycles. The van der Waals surface area contributed by atoms with Crippen LogP contribution in [-0.2, 0) is 14.3 Å². The summed E-state index contributed by atoms with van der Waals surface area (Å²) in [5.41, 5.74) is 0.807. The molecule has 0 radical (unpaired) electrons. The number of thiazole rings is 1. The first-order valence-corrected chi connectivity index (χ1v) is 7.95. The molecule has 0 spiro atoms. The summed E-state index contributed by atoms with van der Waals surface area (Å²) in [6.07, 6.45) is 6.41. The molecule has 1 aliphatic carbocycles. The van der Waals surface area contributed by atoms with Crippen LogP contribution in [-0.4, -0.2) is 30.0 Å². The van der Waals surface area contributed by atoms with E-state index in [1.165, 1.54) is 13.2 Å². The number of hydrogen-bond acceptors (Lipinski definition) is 5. The van der Waals surface area contributed by atoms with E-state index in [2.05, 4.69) is 10.3 Å². The molecule has 1 aliphatic rings. The van der Waals surface area contributed by atoms with Crippen molar-refractivity contribution >= 4 is 29.3 Å². The molecule has 1 aromatic heterocycles. The average Bonchev–Trinajstić information content (AvgIpc) is 2.91. The van der Waals surface area contributed by atoms with Crippen LogP contribution in [0.25, 0.3) is 6.08 Å². The molecule has 1 fully saturated rings. The molecule has 1 aromatic rings. The van der Waals surface area contributed by atoms with E-state index in [0.29, 0.717) is 0 Å². The Morgan fingerprint density at radius 2 is 2.10 bits per heavy atom. The lowest BCUT2D eigenvalue weighted by atomic mass is 9.86. The summed E-state index contributed by atoms with van der Waals surface area (Å²) >= 11 is 1.56. The molecule has 0 atom stereocenters. The topological polar surface area (TPSA) is 68.3 Å². The molecular formula is C15H20N2O3S. The van der Waals surface area contributed by atoms with Crippen LogP contribution in [0.3, 0.4) is 0 Å². The van der Waals surface area contributed by atoms with Gasteiger partial charge in [-0.1, -0.05) is 0 Å². The van der Waals surface area contributed by atoms with E-state index in [9.17, 15) is 9.59 Å². The smallest absolute Gasteiger partial charge is 0.308 e. The minimum atomic E-state index is -0.140. The van der Waals surface area contributed by atoms with Gasteiger partial charge in [-0.3, -0.25) is 9.59 Å². The van der Waals surface area contributed by atoms with Gasteiger partial charge < -0.3 is 10.1 Å². The molecule has 0 saturated heterocycles. The van der Waals surface area contributed by atoms with Crippen molar-refractivity contribution in [1.29, 1.82) is 0 Å². The van der Waals surface area contributed by atoms with Crippen molar-refractivity contribution in [2.75, 3.05) is 7.11 Å². The predicted octanol–water partition coefficient (Wildman–Crippen LogP) is 2.31. The third-order valence-corrected chi connectivity index (χ3v) is 4.44. The van der Waals surface area contributed by atoms with Crippen LogP contribution >= 0.6 is 11.3 Å². The van der Waals surface area contributed by atoms with Crippen molar-refractivity contribution < 1.29 is 14.3 Å². The van der Waals surface area contributed by atoms with Gasteiger partial charge in [0.15, 0.2) is 0 Å². The number of ether oxygens (including phenoxy) is 1. The molecule has 114 valence electrons. The Balaban J connectivity index is 1.77. The summed E-state index contributed by atoms with van der Waals surface area (Å²) in [5.74, 6) is -0.266. The highest BCUT2D eigenvalue weighted by molar-refractivity contribution is 7.09. The molecule has 0 aliphatic heterocycles. The number of rotatable bonds is 4. The van der Waals surface area contributed by atoms with E-state index in [1.807, 2.05) is 12.3 Å². The normalized spacial score (nSPS) is 22.2. The molecule has 1 saturated carbocycles. The minimum Gasteiger partial charge on any atom is -0.469 e. The summed E-state index contributed by atoms with van der Waals surface area (Å²) in [4.78, 5) is 27.5. The number of aryl methyl sites for hydroxylation is 1. The molecule has 2 rings (SSSR count). The van der Waals surface area contributed by atoms with Crippen LogP contribution in [0.1, 0.15) is 36.4 Å². The lowest BCUT2D eigenvalue weighted by Gasteiger charge is -2.27. The fourth-order valence-corrected chi connectivity index (χ4v) is 3.09. The van der Waals surface area contributed by atoms with Crippen LogP contribution in [0, 0.1) is 12.8 Å². The Kier molecular flexibility index (Phi) is 5.50. The van der Waals surface area contributed by atoms with Gasteiger partial charge in [-0.05, 0) is 38.7 Å². The number of methoxy groups -OCH3 is 1. The third kappa shape index (κ3) is 4.67. The van der Waals surface area contributed by atoms with Gasteiger partial charge in [-0.2, -0.15) is 0 Å². The molecule has 1 amide bonds. The highest BCUT2D eigenvalue weighted by Gasteiger charge is 2.27. The molecular weight excluding hydrogens is 288 g/mol. The van der Waals surface area contributed by atoms with Crippen molar-refractivity contribution in [2.45, 2.75) is 38.6 Å². The zero-order valence-corrected chi connectivity index (χ0v) is 13.1. The summed E-state index contributed by atoms with van der Waals surface area (Å²) in [7, 11) is 1.42. The van der Waals surface area contributed by atoms with Crippen molar-refractivity contribution in [2.24, 2.45) is 5.92 Å². The van der Waals surface area contributed by atoms with Crippen LogP contribution in [0.5, 0.6) is 0 Å². The summed E-state index contributed by atoms with van der Waals surface area (Å²) in [6.45, 7) is 1.93. The Morgan fingerprint density at radius 1 is 1.38 bits per heavy atom. The van der Waals surface area contributed by atoms with Crippen LogP contribution in [0.2, 0.25) is 0 Å². The monoisotopic (exact) mass is 308 g/mol. The number of amides is 1. The maximum atomic E-state index is 11.8. The fraction of sp³-hybridized carbons (Fsp3) is 0.533. The predicted molar refractivity (Wildman–Crippen MR) is 81.8 cm³/mol. The van der Waals surface area contributed by atoms with E-state index in [1.54, 1.807) is 17.4 Å². The molecule has 5 nitrogen and oxygen atoms in total. The minimum absolute atomic E-state index is 0.0170. The van der Waals surface area contributed by atoms with Crippen LogP contribution in [0.4, 0.5) is 0 Å². The van der Waals surface area contributed by atoms with E-state index >= 15 is 0 Å². The number of carbonyl (C=O) groups is 2. The fourth-order valence-electron chi connectivity index (χ4n) is 2.51. The maximum absolute atomic E-state index is 11.8. The summed E-state index contributed by atoms with van der Waals surface area (Å²) in [5, 5.41) is 5.87. The largest absolute Gasteiger partial charge is 0.469 e. The summed E-state index contributed by atoms with van der Waals surface area (Å²) in [6, 6.07) is 0.139. The summed E-state index contributed by atoms with van der Waals surface area (Å²) < 4.78 is 4.75. The first-order chi connectivity index (χ1) is 10.1. The van der Waals surface area contributed by atoms with E-state index in [4.69, 9.17) is 4.74 Å². The number of esters is 1. The molecule has 0 unspecified atom stereocenters. The molecule has 21 heavy (non-hydrogen) atoms. The van der Waals surface area contributed by atoms with Gasteiger partial charge in [-0.25, -0.2) is 4.98 Å². The van der Waals surface area contributed by atoms with Gasteiger partial charge in [0.25, 0.3) is 0 Å². The zero-order valence-electron chi connectivity index (χ0n) is 12.3. The Labute approximate surface area is 128 Å². The number of aromatic nitrogens is 1. The zero-order chi connectivity index (χ0) is 15.2. The van der Waals surface area contributed by atoms with Gasteiger partial charge in [-0.15, -0.1) is 11.3 Å². The van der Waals surface area contributed by atoms with Gasteiger partial charge in [0, 0.05) is 17.5 Å². The first kappa shape index (κ1) is 15.7. The van der Waals surface area contributed by atoms with Crippen molar-refractivity contribution in [1.82, 2.24) is 10.3 Å². The van der Waals surface area contributed by atoms with Crippen LogP contribution < -0.4 is 5.32 Å². The lowest BCUT2D eigenvalue weighted by molar-refractivity contribution is -0.146. The lowest BCUT2D eigenvalue weighted by Crippen LogP contribution is -2.38. The number of carbonyl (C=O) groups excluding carboxylic acids is 2. The SMILES string of the molecule is COC(=O)C1CCC(NC(=O)/C=C/c2csc(C)n2)CC1.